The van der Waals surface area contributed by atoms with Crippen LogP contribution in [0.1, 0.15) is 5.56 Å². The molecule has 0 saturated carbocycles. The lowest BCUT2D eigenvalue weighted by Crippen LogP contribution is -2.19. The van der Waals surface area contributed by atoms with Crippen LogP contribution in [0.3, 0.4) is 0 Å². The molecule has 0 unspecified atom stereocenters. The first kappa shape index (κ1) is 18.5. The zero-order valence-electron chi connectivity index (χ0n) is 14.5. The van der Waals surface area contributed by atoms with Crippen molar-refractivity contribution in [3.8, 4) is 5.75 Å². The summed E-state index contributed by atoms with van der Waals surface area (Å²) in [7, 11) is -3.95. The highest BCUT2D eigenvalue weighted by molar-refractivity contribution is 7.87. The lowest BCUT2D eigenvalue weighted by molar-refractivity contribution is 0.262. The summed E-state index contributed by atoms with van der Waals surface area (Å²) in [4.78, 5) is 12.0. The predicted octanol–water partition coefficient (Wildman–Crippen LogP) is 4.41. The predicted molar refractivity (Wildman–Crippen MR) is 105 cm³/mol. The van der Waals surface area contributed by atoms with E-state index in [0.29, 0.717) is 11.4 Å². The van der Waals surface area contributed by atoms with Gasteiger partial charge in [0.05, 0.1) is 0 Å². The summed E-state index contributed by atoms with van der Waals surface area (Å²) in [5.41, 5.74) is 2.11. The van der Waals surface area contributed by atoms with Crippen LogP contribution >= 0.6 is 0 Å². The largest absolute Gasteiger partial charge is 0.379 e. The standard InChI is InChI=1S/C20H18N2O4S/c1-15-7-11-18(12-8-15)26-27(24,25)19-13-9-17(10-14-19)22-20(23)21-16-5-3-2-4-6-16/h2-14H,1H3,(H2,21,22,23). The summed E-state index contributed by atoms with van der Waals surface area (Å²) in [6.07, 6.45) is 0. The SMILES string of the molecule is Cc1ccc(OS(=O)(=O)c2ccc(NC(=O)Nc3ccccc3)cc2)cc1. The third-order valence-electron chi connectivity index (χ3n) is 3.66. The van der Waals surface area contributed by atoms with Crippen LogP contribution in [-0.2, 0) is 10.1 Å². The maximum absolute atomic E-state index is 12.3. The fourth-order valence-electron chi connectivity index (χ4n) is 2.29. The van der Waals surface area contributed by atoms with Crippen molar-refractivity contribution in [3.63, 3.8) is 0 Å². The first-order valence-electron chi connectivity index (χ1n) is 8.17. The molecule has 0 aromatic heterocycles. The molecule has 0 fully saturated rings. The number of amides is 2. The van der Waals surface area contributed by atoms with Crippen LogP contribution in [0, 0.1) is 6.92 Å². The van der Waals surface area contributed by atoms with Gasteiger partial charge in [0, 0.05) is 11.4 Å². The van der Waals surface area contributed by atoms with E-state index in [1.807, 2.05) is 25.1 Å². The van der Waals surface area contributed by atoms with Crippen molar-refractivity contribution in [3.05, 3.63) is 84.4 Å². The number of hydrogen-bond acceptors (Lipinski definition) is 4. The fourth-order valence-corrected chi connectivity index (χ4v) is 3.22. The minimum absolute atomic E-state index is 0.00269. The average Bonchev–Trinajstić information content (AvgIpc) is 2.65. The van der Waals surface area contributed by atoms with E-state index < -0.39 is 16.1 Å². The van der Waals surface area contributed by atoms with Gasteiger partial charge >= 0.3 is 16.1 Å². The van der Waals surface area contributed by atoms with Gasteiger partial charge in [-0.15, -0.1) is 0 Å². The second kappa shape index (κ2) is 7.92. The monoisotopic (exact) mass is 382 g/mol. The second-order valence-electron chi connectivity index (χ2n) is 5.82. The molecule has 0 atom stereocenters. The Bertz CT molecular complexity index is 1020. The molecule has 0 aliphatic heterocycles. The van der Waals surface area contributed by atoms with E-state index >= 15 is 0 Å². The quantitative estimate of drug-likeness (QED) is 0.640. The smallest absolute Gasteiger partial charge is 0.339 e. The molecule has 2 amide bonds. The molecule has 3 rings (SSSR count). The van der Waals surface area contributed by atoms with Crippen LogP contribution < -0.4 is 14.8 Å². The van der Waals surface area contributed by atoms with Gasteiger partial charge in [0.15, 0.2) is 0 Å². The zero-order valence-corrected chi connectivity index (χ0v) is 15.4. The number of para-hydroxylation sites is 1. The third-order valence-corrected chi connectivity index (χ3v) is 4.92. The molecule has 0 aliphatic carbocycles. The van der Waals surface area contributed by atoms with Crippen LogP contribution in [0.15, 0.2) is 83.8 Å². The number of benzene rings is 3. The molecule has 0 heterocycles. The molecule has 0 radical (unpaired) electrons. The van der Waals surface area contributed by atoms with Crippen molar-refractivity contribution in [1.82, 2.24) is 0 Å². The van der Waals surface area contributed by atoms with Crippen LogP contribution in [0.2, 0.25) is 0 Å². The summed E-state index contributed by atoms with van der Waals surface area (Å²) < 4.78 is 29.8. The highest BCUT2D eigenvalue weighted by Crippen LogP contribution is 2.20. The number of carbonyl (C=O) groups is 1. The van der Waals surface area contributed by atoms with E-state index in [-0.39, 0.29) is 10.6 Å². The molecule has 0 bridgehead atoms. The number of aryl methyl sites for hydroxylation is 1. The van der Waals surface area contributed by atoms with Gasteiger partial charge in [0.1, 0.15) is 10.6 Å². The summed E-state index contributed by atoms with van der Waals surface area (Å²) in [5.74, 6) is 0.241. The summed E-state index contributed by atoms with van der Waals surface area (Å²) in [6, 6.07) is 21.0. The molecular weight excluding hydrogens is 364 g/mol. The Morgan fingerprint density at radius 2 is 1.33 bits per heavy atom. The molecular formula is C20H18N2O4S. The Morgan fingerprint density at radius 3 is 1.93 bits per heavy atom. The Hall–Kier alpha value is -3.32. The maximum Gasteiger partial charge on any atom is 0.339 e. The van der Waals surface area contributed by atoms with Crippen LogP contribution in [-0.4, -0.2) is 14.4 Å². The topological polar surface area (TPSA) is 84.5 Å². The second-order valence-corrected chi connectivity index (χ2v) is 7.37. The van der Waals surface area contributed by atoms with Gasteiger partial charge in [-0.05, 0) is 55.5 Å². The molecule has 138 valence electrons. The van der Waals surface area contributed by atoms with Crippen LogP contribution in [0.25, 0.3) is 0 Å². The number of urea groups is 1. The van der Waals surface area contributed by atoms with Gasteiger partial charge in [-0.2, -0.15) is 8.42 Å². The molecule has 6 nitrogen and oxygen atoms in total. The molecule has 0 aliphatic rings. The lowest BCUT2D eigenvalue weighted by Gasteiger charge is -2.09. The molecule has 3 aromatic rings. The van der Waals surface area contributed by atoms with Gasteiger partial charge in [-0.25, -0.2) is 4.79 Å². The Kier molecular flexibility index (Phi) is 5.42. The van der Waals surface area contributed by atoms with E-state index in [9.17, 15) is 13.2 Å². The lowest BCUT2D eigenvalue weighted by atomic mass is 10.2. The number of anilines is 2. The van der Waals surface area contributed by atoms with E-state index in [0.717, 1.165) is 5.56 Å². The van der Waals surface area contributed by atoms with Gasteiger partial charge < -0.3 is 14.8 Å². The summed E-state index contributed by atoms with van der Waals surface area (Å²) in [5, 5.41) is 5.32. The minimum Gasteiger partial charge on any atom is -0.379 e. The van der Waals surface area contributed by atoms with Gasteiger partial charge in [-0.1, -0.05) is 35.9 Å². The number of hydrogen-bond donors (Lipinski definition) is 2. The minimum atomic E-state index is -3.95. The van der Waals surface area contributed by atoms with E-state index in [1.54, 1.807) is 36.4 Å². The third kappa shape index (κ3) is 5.08. The normalized spacial score (nSPS) is 10.9. The summed E-state index contributed by atoms with van der Waals surface area (Å²) in [6.45, 7) is 1.90. The van der Waals surface area contributed by atoms with E-state index in [4.69, 9.17) is 4.18 Å². The van der Waals surface area contributed by atoms with Crippen molar-refractivity contribution in [2.24, 2.45) is 0 Å². The fraction of sp³-hybridized carbons (Fsp3) is 0.0500. The maximum atomic E-state index is 12.3. The van der Waals surface area contributed by atoms with Crippen LogP contribution in [0.4, 0.5) is 16.2 Å². The number of rotatable bonds is 5. The Morgan fingerprint density at radius 1 is 0.778 bits per heavy atom. The van der Waals surface area contributed by atoms with Gasteiger partial charge in [0.25, 0.3) is 0 Å². The van der Waals surface area contributed by atoms with Crippen molar-refractivity contribution >= 4 is 27.5 Å². The zero-order chi connectivity index (χ0) is 19.3. The molecule has 7 heteroatoms. The Labute approximate surface area is 157 Å². The van der Waals surface area contributed by atoms with Crippen LogP contribution in [0.5, 0.6) is 5.75 Å². The molecule has 27 heavy (non-hydrogen) atoms. The Balaban J connectivity index is 1.65. The number of carbonyl (C=O) groups excluding carboxylic acids is 1. The molecule has 0 spiro atoms. The van der Waals surface area contributed by atoms with Crippen molar-refractivity contribution < 1.29 is 17.4 Å². The molecule has 0 saturated heterocycles. The molecule has 2 N–H and O–H groups in total. The first-order chi connectivity index (χ1) is 12.9. The highest BCUT2D eigenvalue weighted by Gasteiger charge is 2.16. The summed E-state index contributed by atoms with van der Waals surface area (Å²) >= 11 is 0. The van der Waals surface area contributed by atoms with Gasteiger partial charge in [0.2, 0.25) is 0 Å². The highest BCUT2D eigenvalue weighted by atomic mass is 32.2. The van der Waals surface area contributed by atoms with E-state index in [2.05, 4.69) is 10.6 Å². The number of nitrogens with one attached hydrogen (secondary N) is 2. The average molecular weight is 382 g/mol. The van der Waals surface area contributed by atoms with Gasteiger partial charge in [-0.3, -0.25) is 0 Å². The van der Waals surface area contributed by atoms with Crippen molar-refractivity contribution in [2.45, 2.75) is 11.8 Å². The van der Waals surface area contributed by atoms with Crippen molar-refractivity contribution in [2.75, 3.05) is 10.6 Å². The first-order valence-corrected chi connectivity index (χ1v) is 9.57. The van der Waals surface area contributed by atoms with Crippen molar-refractivity contribution in [1.29, 1.82) is 0 Å². The van der Waals surface area contributed by atoms with E-state index in [1.165, 1.54) is 24.3 Å². The molecule has 3 aromatic carbocycles.